The monoisotopic (exact) mass is 492 g/mol. The van der Waals surface area contributed by atoms with Gasteiger partial charge in [0.2, 0.25) is 11.8 Å². The predicted octanol–water partition coefficient (Wildman–Crippen LogP) is 5.75. The Hall–Kier alpha value is -1.11. The molecule has 2 amide bonds. The molecule has 9 heteroatoms. The molecule has 2 aromatic carbocycles. The third kappa shape index (κ3) is 9.06. The zero-order chi connectivity index (χ0) is 21.2. The number of rotatable bonds is 10. The minimum Gasteiger partial charge on any atom is -0.352 e. The first-order valence-electron chi connectivity index (χ1n) is 8.84. The van der Waals surface area contributed by atoms with Crippen LogP contribution < -0.4 is 10.6 Å². The van der Waals surface area contributed by atoms with E-state index in [1.54, 1.807) is 36.0 Å². The van der Waals surface area contributed by atoms with Gasteiger partial charge in [0.25, 0.3) is 0 Å². The highest BCUT2D eigenvalue weighted by molar-refractivity contribution is 7.99. The van der Waals surface area contributed by atoms with Crippen LogP contribution in [0.5, 0.6) is 0 Å². The second-order valence-corrected chi connectivity index (χ2v) is 9.02. The smallest absolute Gasteiger partial charge is 0.221 e. The van der Waals surface area contributed by atoms with E-state index in [2.05, 4.69) is 10.6 Å². The van der Waals surface area contributed by atoms with Crippen LogP contribution in [0, 0.1) is 0 Å². The van der Waals surface area contributed by atoms with Gasteiger partial charge in [-0.1, -0.05) is 58.5 Å². The van der Waals surface area contributed by atoms with Crippen LogP contribution in [0.25, 0.3) is 0 Å². The Balaban J connectivity index is 1.55. The van der Waals surface area contributed by atoms with E-state index in [1.807, 2.05) is 12.1 Å². The van der Waals surface area contributed by atoms with Gasteiger partial charge in [-0.25, -0.2) is 0 Å². The number of benzene rings is 2. The maximum absolute atomic E-state index is 11.9. The molecule has 0 saturated heterocycles. The van der Waals surface area contributed by atoms with Crippen LogP contribution in [-0.4, -0.2) is 23.3 Å². The molecule has 0 spiro atoms. The number of hydrogen-bond donors (Lipinski definition) is 2. The number of carbonyl (C=O) groups is 2. The fourth-order valence-electron chi connectivity index (χ4n) is 2.31. The van der Waals surface area contributed by atoms with Crippen molar-refractivity contribution in [3.8, 4) is 0 Å². The van der Waals surface area contributed by atoms with E-state index in [0.29, 0.717) is 57.5 Å². The van der Waals surface area contributed by atoms with Crippen LogP contribution >= 0.6 is 58.2 Å². The molecule has 0 bridgehead atoms. The summed E-state index contributed by atoms with van der Waals surface area (Å²) >= 11 is 25.2. The van der Waals surface area contributed by atoms with Gasteiger partial charge < -0.3 is 10.6 Å². The second-order valence-electron chi connectivity index (χ2n) is 6.16. The van der Waals surface area contributed by atoms with Crippen molar-refractivity contribution in [2.75, 3.05) is 11.5 Å². The number of halogens is 4. The van der Waals surface area contributed by atoms with Crippen LogP contribution in [-0.2, 0) is 22.7 Å². The van der Waals surface area contributed by atoms with E-state index in [-0.39, 0.29) is 11.8 Å². The van der Waals surface area contributed by atoms with Crippen LogP contribution in [0.1, 0.15) is 24.0 Å². The highest BCUT2D eigenvalue weighted by atomic mass is 35.5. The minimum absolute atomic E-state index is 0.0485. The molecule has 0 fully saturated rings. The van der Waals surface area contributed by atoms with Crippen LogP contribution in [0.2, 0.25) is 20.1 Å². The normalized spacial score (nSPS) is 10.6. The van der Waals surface area contributed by atoms with Gasteiger partial charge in [0.15, 0.2) is 0 Å². The molecule has 0 unspecified atom stereocenters. The summed E-state index contributed by atoms with van der Waals surface area (Å²) in [7, 11) is 0. The van der Waals surface area contributed by atoms with Gasteiger partial charge in [-0.3, -0.25) is 9.59 Å². The lowest BCUT2D eigenvalue weighted by Crippen LogP contribution is -2.24. The molecule has 0 aliphatic rings. The largest absolute Gasteiger partial charge is 0.352 e. The van der Waals surface area contributed by atoms with Gasteiger partial charge in [0, 0.05) is 37.4 Å². The third-order valence-corrected chi connectivity index (χ3v) is 6.36. The molecule has 4 nitrogen and oxygen atoms in total. The SMILES string of the molecule is O=C(CCSCCC(=O)NCc1ccc(Cl)c(Cl)c1)NCc1ccc(Cl)c(Cl)c1. The van der Waals surface area contributed by atoms with E-state index in [1.165, 1.54) is 0 Å². The molecule has 29 heavy (non-hydrogen) atoms. The van der Waals surface area contributed by atoms with Crippen LogP contribution in [0.15, 0.2) is 36.4 Å². The number of carbonyl (C=O) groups excluding carboxylic acids is 2. The lowest BCUT2D eigenvalue weighted by atomic mass is 10.2. The van der Waals surface area contributed by atoms with Crippen molar-refractivity contribution in [1.82, 2.24) is 10.6 Å². The molecule has 0 saturated carbocycles. The Morgan fingerprint density at radius 2 is 1.10 bits per heavy atom. The number of thioether (sulfide) groups is 1. The number of amides is 2. The fourth-order valence-corrected chi connectivity index (χ4v) is 3.81. The molecule has 0 heterocycles. The van der Waals surface area contributed by atoms with Gasteiger partial charge in [0.05, 0.1) is 20.1 Å². The summed E-state index contributed by atoms with van der Waals surface area (Å²) in [6.07, 6.45) is 0.772. The Bertz CT molecular complexity index is 795. The van der Waals surface area contributed by atoms with Gasteiger partial charge in [-0.15, -0.1) is 0 Å². The van der Waals surface area contributed by atoms with Gasteiger partial charge in [0.1, 0.15) is 0 Å². The van der Waals surface area contributed by atoms with Crippen molar-refractivity contribution in [2.24, 2.45) is 0 Å². The average molecular weight is 494 g/mol. The summed E-state index contributed by atoms with van der Waals surface area (Å²) in [6.45, 7) is 0.801. The molecule has 2 rings (SSSR count). The van der Waals surface area contributed by atoms with E-state index < -0.39 is 0 Å². The zero-order valence-corrected chi connectivity index (χ0v) is 19.3. The molecular formula is C20H20Cl4N2O2S. The summed E-state index contributed by atoms with van der Waals surface area (Å²) < 4.78 is 0. The molecular weight excluding hydrogens is 474 g/mol. The van der Waals surface area contributed by atoms with Crippen molar-refractivity contribution < 1.29 is 9.59 Å². The third-order valence-electron chi connectivity index (χ3n) is 3.89. The van der Waals surface area contributed by atoms with E-state index in [9.17, 15) is 9.59 Å². The lowest BCUT2D eigenvalue weighted by molar-refractivity contribution is -0.121. The predicted molar refractivity (Wildman–Crippen MR) is 123 cm³/mol. The van der Waals surface area contributed by atoms with E-state index >= 15 is 0 Å². The number of hydrogen-bond acceptors (Lipinski definition) is 3. The highest BCUT2D eigenvalue weighted by Crippen LogP contribution is 2.23. The van der Waals surface area contributed by atoms with Crippen LogP contribution in [0.3, 0.4) is 0 Å². The fraction of sp³-hybridized carbons (Fsp3) is 0.300. The summed E-state index contributed by atoms with van der Waals surface area (Å²) in [5.41, 5.74) is 1.78. The summed E-state index contributed by atoms with van der Waals surface area (Å²) in [6, 6.07) is 10.5. The van der Waals surface area contributed by atoms with Crippen molar-refractivity contribution in [1.29, 1.82) is 0 Å². The molecule has 0 radical (unpaired) electrons. The minimum atomic E-state index is -0.0485. The maximum atomic E-state index is 11.9. The van der Waals surface area contributed by atoms with Crippen molar-refractivity contribution in [3.63, 3.8) is 0 Å². The molecule has 2 aromatic rings. The van der Waals surface area contributed by atoms with E-state index in [4.69, 9.17) is 46.4 Å². The molecule has 0 aromatic heterocycles. The Labute approximate surface area is 194 Å². The first kappa shape index (κ1) is 24.2. The first-order chi connectivity index (χ1) is 13.8. The Kier molecular flexibility index (Phi) is 10.5. The summed E-state index contributed by atoms with van der Waals surface area (Å²) in [4.78, 5) is 23.8. The standard InChI is InChI=1S/C20H20Cl4N2O2S/c21-15-3-1-13(9-17(15)23)11-25-19(27)5-7-29-8-6-20(28)26-12-14-2-4-16(22)18(24)10-14/h1-4,9-10H,5-8,11-12H2,(H,25,27)(H,26,28). The summed E-state index contributed by atoms with van der Waals surface area (Å²) in [5, 5.41) is 7.58. The molecule has 0 atom stereocenters. The van der Waals surface area contributed by atoms with Gasteiger partial charge in [-0.05, 0) is 35.4 Å². The van der Waals surface area contributed by atoms with Crippen molar-refractivity contribution in [2.45, 2.75) is 25.9 Å². The van der Waals surface area contributed by atoms with Gasteiger partial charge >= 0.3 is 0 Å². The molecule has 0 aliphatic heterocycles. The summed E-state index contributed by atoms with van der Waals surface area (Å²) in [5.74, 6) is 1.20. The molecule has 0 aliphatic carbocycles. The molecule has 156 valence electrons. The lowest BCUT2D eigenvalue weighted by Gasteiger charge is -2.07. The average Bonchev–Trinajstić information content (AvgIpc) is 2.69. The second kappa shape index (κ2) is 12.6. The topological polar surface area (TPSA) is 58.2 Å². The number of nitrogens with one attached hydrogen (secondary N) is 2. The quantitative estimate of drug-likeness (QED) is 0.414. The maximum Gasteiger partial charge on any atom is 0.221 e. The first-order valence-corrected chi connectivity index (χ1v) is 11.5. The van der Waals surface area contributed by atoms with Crippen molar-refractivity contribution in [3.05, 3.63) is 67.6 Å². The van der Waals surface area contributed by atoms with Crippen LogP contribution in [0.4, 0.5) is 0 Å². The zero-order valence-electron chi connectivity index (χ0n) is 15.4. The Morgan fingerprint density at radius 1 is 0.690 bits per heavy atom. The molecule has 2 N–H and O–H groups in total. The highest BCUT2D eigenvalue weighted by Gasteiger charge is 2.06. The van der Waals surface area contributed by atoms with Gasteiger partial charge in [-0.2, -0.15) is 11.8 Å². The Morgan fingerprint density at radius 3 is 1.48 bits per heavy atom. The van der Waals surface area contributed by atoms with Crippen molar-refractivity contribution >= 4 is 70.0 Å². The van der Waals surface area contributed by atoms with E-state index in [0.717, 1.165) is 11.1 Å².